The van der Waals surface area contributed by atoms with Crippen LogP contribution in [0.5, 0.6) is 0 Å². The van der Waals surface area contributed by atoms with Crippen molar-refractivity contribution in [2.45, 2.75) is 31.7 Å². The molecule has 2 unspecified atom stereocenters. The Morgan fingerprint density at radius 1 is 1.33 bits per heavy atom. The molecule has 0 heterocycles. The van der Waals surface area contributed by atoms with Gasteiger partial charge < -0.3 is 10.0 Å². The summed E-state index contributed by atoms with van der Waals surface area (Å²) in [4.78, 5) is 24.9. The minimum absolute atomic E-state index is 0.00995. The van der Waals surface area contributed by atoms with Gasteiger partial charge in [-0.25, -0.2) is 4.79 Å². The smallest absolute Gasteiger partial charge is 0.329 e. The highest BCUT2D eigenvalue weighted by Crippen LogP contribution is 2.51. The molecule has 0 saturated heterocycles. The standard InChI is InChI=1S/C15H17Cl2NO3/c1-15(2,14(20)21)18(3)13(19)10-7-9(10)8-5-4-6-11(16)12(8)17/h4-6,9-10H,7H2,1-3H3,(H,20,21). The highest BCUT2D eigenvalue weighted by Gasteiger charge is 2.49. The first kappa shape index (κ1) is 16.1. The summed E-state index contributed by atoms with van der Waals surface area (Å²) >= 11 is 12.2. The topological polar surface area (TPSA) is 57.6 Å². The van der Waals surface area contributed by atoms with Gasteiger partial charge in [0, 0.05) is 13.0 Å². The maximum absolute atomic E-state index is 12.4. The largest absolute Gasteiger partial charge is 0.480 e. The van der Waals surface area contributed by atoms with Crippen LogP contribution in [0.25, 0.3) is 0 Å². The van der Waals surface area contributed by atoms with E-state index in [1.54, 1.807) is 12.1 Å². The quantitative estimate of drug-likeness (QED) is 0.920. The second kappa shape index (κ2) is 5.50. The number of halogens is 2. The molecule has 2 atom stereocenters. The molecule has 0 aromatic heterocycles. The summed E-state index contributed by atoms with van der Waals surface area (Å²) in [6.45, 7) is 3.02. The fraction of sp³-hybridized carbons (Fsp3) is 0.467. The van der Waals surface area contributed by atoms with Crippen LogP contribution in [0.1, 0.15) is 31.7 Å². The number of amides is 1. The van der Waals surface area contributed by atoms with Gasteiger partial charge in [0.15, 0.2) is 0 Å². The van der Waals surface area contributed by atoms with E-state index in [1.807, 2.05) is 6.07 Å². The van der Waals surface area contributed by atoms with E-state index in [1.165, 1.54) is 25.8 Å². The van der Waals surface area contributed by atoms with E-state index < -0.39 is 11.5 Å². The van der Waals surface area contributed by atoms with Crippen LogP contribution < -0.4 is 0 Å². The van der Waals surface area contributed by atoms with Crippen LogP contribution in [0.4, 0.5) is 0 Å². The van der Waals surface area contributed by atoms with Crippen molar-refractivity contribution in [3.63, 3.8) is 0 Å². The zero-order chi connectivity index (χ0) is 15.9. The van der Waals surface area contributed by atoms with Crippen LogP contribution in [0.15, 0.2) is 18.2 Å². The minimum atomic E-state index is -1.23. The summed E-state index contributed by atoms with van der Waals surface area (Å²) in [5.41, 5.74) is -0.383. The first-order chi connectivity index (χ1) is 9.67. The lowest BCUT2D eigenvalue weighted by atomic mass is 10.0. The molecule has 0 aliphatic heterocycles. The van der Waals surface area contributed by atoms with E-state index in [2.05, 4.69) is 0 Å². The first-order valence-corrected chi connectivity index (χ1v) is 7.38. The van der Waals surface area contributed by atoms with Gasteiger partial charge >= 0.3 is 5.97 Å². The van der Waals surface area contributed by atoms with Crippen LogP contribution in [0.2, 0.25) is 10.0 Å². The molecule has 0 spiro atoms. The molecule has 1 aliphatic carbocycles. The third-order valence-corrected chi connectivity index (χ3v) is 5.01. The Balaban J connectivity index is 2.15. The number of likely N-dealkylation sites (N-methyl/N-ethyl adjacent to an activating group) is 1. The molecule has 4 nitrogen and oxygen atoms in total. The molecule has 1 aliphatic rings. The lowest BCUT2D eigenvalue weighted by molar-refractivity contribution is -0.155. The number of nitrogens with zero attached hydrogens (tertiary/aromatic N) is 1. The van der Waals surface area contributed by atoms with Crippen LogP contribution in [-0.4, -0.2) is 34.5 Å². The number of carboxylic acids is 1. The third-order valence-electron chi connectivity index (χ3n) is 4.18. The molecule has 1 saturated carbocycles. The summed E-state index contributed by atoms with van der Waals surface area (Å²) in [7, 11) is 1.52. The number of carboxylic acid groups (broad SMARTS) is 1. The van der Waals surface area contributed by atoms with Crippen LogP contribution in [0.3, 0.4) is 0 Å². The van der Waals surface area contributed by atoms with Gasteiger partial charge in [0.25, 0.3) is 0 Å². The molecule has 1 amide bonds. The monoisotopic (exact) mass is 329 g/mol. The van der Waals surface area contributed by atoms with Crippen LogP contribution >= 0.6 is 23.2 Å². The van der Waals surface area contributed by atoms with Crippen molar-refractivity contribution in [1.29, 1.82) is 0 Å². The second-order valence-corrected chi connectivity index (χ2v) is 6.64. The Hall–Kier alpha value is -1.26. The number of carbonyl (C=O) groups excluding carboxylic acids is 1. The SMILES string of the molecule is CN(C(=O)C1CC1c1cccc(Cl)c1Cl)C(C)(C)C(=O)O. The number of benzene rings is 1. The average molecular weight is 330 g/mol. The van der Waals surface area contributed by atoms with E-state index in [9.17, 15) is 14.7 Å². The molecule has 0 radical (unpaired) electrons. The number of aliphatic carboxylic acids is 1. The molecule has 1 aromatic rings. The van der Waals surface area contributed by atoms with Gasteiger partial charge in [-0.05, 0) is 37.8 Å². The van der Waals surface area contributed by atoms with E-state index in [-0.39, 0.29) is 17.7 Å². The molecule has 1 N–H and O–H groups in total. The van der Waals surface area contributed by atoms with E-state index in [4.69, 9.17) is 23.2 Å². The van der Waals surface area contributed by atoms with Gasteiger partial charge in [-0.3, -0.25) is 4.79 Å². The van der Waals surface area contributed by atoms with Crippen LogP contribution in [-0.2, 0) is 9.59 Å². The third kappa shape index (κ3) is 2.87. The summed E-state index contributed by atoms with van der Waals surface area (Å²) < 4.78 is 0. The molecule has 114 valence electrons. The van der Waals surface area contributed by atoms with E-state index in [0.29, 0.717) is 16.5 Å². The molecular weight excluding hydrogens is 313 g/mol. The summed E-state index contributed by atoms with van der Waals surface area (Å²) in [5, 5.41) is 10.1. The molecule has 6 heteroatoms. The van der Waals surface area contributed by atoms with Crippen molar-refractivity contribution in [1.82, 2.24) is 4.90 Å². The Bertz CT molecular complexity index is 601. The van der Waals surface area contributed by atoms with E-state index in [0.717, 1.165) is 5.56 Å². The molecular formula is C15H17Cl2NO3. The van der Waals surface area contributed by atoms with Crippen molar-refractivity contribution < 1.29 is 14.7 Å². The Morgan fingerprint density at radius 2 is 1.95 bits per heavy atom. The van der Waals surface area contributed by atoms with Gasteiger partial charge in [-0.15, -0.1) is 0 Å². The van der Waals surface area contributed by atoms with Crippen molar-refractivity contribution in [2.75, 3.05) is 7.05 Å². The van der Waals surface area contributed by atoms with Crippen molar-refractivity contribution in [3.05, 3.63) is 33.8 Å². The molecule has 0 bridgehead atoms. The van der Waals surface area contributed by atoms with Crippen molar-refractivity contribution in [2.24, 2.45) is 5.92 Å². The summed E-state index contributed by atoms with van der Waals surface area (Å²) in [6, 6.07) is 5.36. The number of carbonyl (C=O) groups is 2. The van der Waals surface area contributed by atoms with Crippen LogP contribution in [0, 0.1) is 5.92 Å². The summed E-state index contributed by atoms with van der Waals surface area (Å²) in [6.07, 6.45) is 0.666. The van der Waals surface area contributed by atoms with Gasteiger partial charge in [-0.1, -0.05) is 35.3 Å². The normalized spacial score (nSPS) is 21.0. The number of rotatable bonds is 4. The van der Waals surface area contributed by atoms with Gasteiger partial charge in [0.05, 0.1) is 10.0 Å². The second-order valence-electron chi connectivity index (χ2n) is 5.85. The molecule has 1 aromatic carbocycles. The summed E-state index contributed by atoms with van der Waals surface area (Å²) in [5.74, 6) is -1.43. The maximum Gasteiger partial charge on any atom is 0.329 e. The lowest BCUT2D eigenvalue weighted by Crippen LogP contribution is -2.51. The average Bonchev–Trinajstić information content (AvgIpc) is 3.20. The Labute approximate surface area is 133 Å². The molecule has 21 heavy (non-hydrogen) atoms. The minimum Gasteiger partial charge on any atom is -0.480 e. The number of hydrogen-bond donors (Lipinski definition) is 1. The van der Waals surface area contributed by atoms with Crippen molar-refractivity contribution >= 4 is 35.1 Å². The van der Waals surface area contributed by atoms with Crippen molar-refractivity contribution in [3.8, 4) is 0 Å². The maximum atomic E-state index is 12.4. The van der Waals surface area contributed by atoms with Gasteiger partial charge in [0.1, 0.15) is 5.54 Å². The highest BCUT2D eigenvalue weighted by molar-refractivity contribution is 6.42. The zero-order valence-corrected chi connectivity index (χ0v) is 13.6. The fourth-order valence-electron chi connectivity index (χ4n) is 2.29. The Kier molecular flexibility index (Phi) is 4.22. The van der Waals surface area contributed by atoms with Gasteiger partial charge in [-0.2, -0.15) is 0 Å². The van der Waals surface area contributed by atoms with Gasteiger partial charge in [0.2, 0.25) is 5.91 Å². The number of hydrogen-bond acceptors (Lipinski definition) is 2. The fourth-order valence-corrected chi connectivity index (χ4v) is 2.73. The molecule has 1 fully saturated rings. The van der Waals surface area contributed by atoms with E-state index >= 15 is 0 Å². The molecule has 2 rings (SSSR count). The first-order valence-electron chi connectivity index (χ1n) is 6.63. The zero-order valence-electron chi connectivity index (χ0n) is 12.1. The predicted octanol–water partition coefficient (Wildman–Crippen LogP) is 3.42. The predicted molar refractivity (Wildman–Crippen MR) is 81.8 cm³/mol. The highest BCUT2D eigenvalue weighted by atomic mass is 35.5. The lowest BCUT2D eigenvalue weighted by Gasteiger charge is -2.31. The Morgan fingerprint density at radius 3 is 2.52 bits per heavy atom.